The molecule has 0 spiro atoms. The molecule has 0 atom stereocenters. The number of thiazole rings is 1. The molecule has 3 aromatic rings. The minimum Gasteiger partial charge on any atom is -0.508 e. The van der Waals surface area contributed by atoms with Gasteiger partial charge in [0.05, 0.1) is 26.5 Å². The first kappa shape index (κ1) is 17.2. The molecule has 0 bridgehead atoms. The van der Waals surface area contributed by atoms with Gasteiger partial charge in [0.2, 0.25) is 0 Å². The number of aryl methyl sites for hydroxylation is 1. The number of phenols is 1. The van der Waals surface area contributed by atoms with Crippen molar-refractivity contribution >= 4 is 33.1 Å². The number of aromatic nitrogens is 1. The van der Waals surface area contributed by atoms with Gasteiger partial charge in [-0.15, -0.1) is 11.3 Å². The van der Waals surface area contributed by atoms with Crippen LogP contribution < -0.4 is 11.5 Å². The summed E-state index contributed by atoms with van der Waals surface area (Å²) in [6.45, 7) is 7.88. The van der Waals surface area contributed by atoms with Crippen molar-refractivity contribution in [3.8, 4) is 16.9 Å². The Kier molecular flexibility index (Phi) is 4.16. The van der Waals surface area contributed by atoms with E-state index < -0.39 is 5.91 Å². The summed E-state index contributed by atoms with van der Waals surface area (Å²) in [5.41, 5.74) is 16.3. The molecule has 1 amide bonds. The number of anilines is 1. The van der Waals surface area contributed by atoms with Gasteiger partial charge in [0.1, 0.15) is 5.75 Å². The summed E-state index contributed by atoms with van der Waals surface area (Å²) in [4.78, 5) is 16.7. The molecule has 3 rings (SSSR count). The van der Waals surface area contributed by atoms with Gasteiger partial charge in [-0.1, -0.05) is 19.9 Å². The SMILES string of the molecule is Cc1ccc(O)c(C)c1-c1cc2sc(C(C)C)nc2c(C(N)=O)c1N. The second-order valence-corrected chi connectivity index (χ2v) is 7.59. The van der Waals surface area contributed by atoms with E-state index in [0.717, 1.165) is 26.4 Å². The number of primary amides is 1. The molecule has 0 fully saturated rings. The maximum atomic E-state index is 12.1. The molecule has 1 aromatic heterocycles. The Morgan fingerprint density at radius 2 is 1.96 bits per heavy atom. The number of carbonyl (C=O) groups excluding carboxylic acids is 1. The van der Waals surface area contributed by atoms with Crippen LogP contribution in [0.5, 0.6) is 5.75 Å². The molecule has 130 valence electrons. The van der Waals surface area contributed by atoms with Crippen molar-refractivity contribution in [3.63, 3.8) is 0 Å². The van der Waals surface area contributed by atoms with Gasteiger partial charge < -0.3 is 16.6 Å². The van der Waals surface area contributed by atoms with Crippen molar-refractivity contribution in [1.29, 1.82) is 0 Å². The quantitative estimate of drug-likeness (QED) is 0.616. The zero-order valence-corrected chi connectivity index (χ0v) is 15.5. The predicted molar refractivity (Wildman–Crippen MR) is 103 cm³/mol. The molecule has 0 aliphatic rings. The average Bonchev–Trinajstić information content (AvgIpc) is 2.95. The van der Waals surface area contributed by atoms with E-state index in [1.54, 1.807) is 6.07 Å². The minimum absolute atomic E-state index is 0.188. The summed E-state index contributed by atoms with van der Waals surface area (Å²) >= 11 is 1.53. The van der Waals surface area contributed by atoms with Crippen molar-refractivity contribution in [2.24, 2.45) is 5.73 Å². The maximum absolute atomic E-state index is 12.1. The van der Waals surface area contributed by atoms with Gasteiger partial charge >= 0.3 is 0 Å². The molecule has 1 heterocycles. The Morgan fingerprint density at radius 1 is 1.28 bits per heavy atom. The lowest BCUT2D eigenvalue weighted by Gasteiger charge is -2.16. The predicted octanol–water partition coefficient (Wildman–Crippen LogP) is 4.09. The van der Waals surface area contributed by atoms with E-state index in [4.69, 9.17) is 11.5 Å². The molecule has 0 aliphatic carbocycles. The number of nitrogens with two attached hydrogens (primary N) is 2. The Morgan fingerprint density at radius 3 is 2.56 bits per heavy atom. The lowest BCUT2D eigenvalue weighted by Crippen LogP contribution is -2.15. The standard InChI is InChI=1S/C19H21N3O2S/c1-8(2)19-22-17-13(25-19)7-11(16(20)15(17)18(21)24)14-9(3)5-6-12(23)10(14)4/h5-8,23H,20H2,1-4H3,(H2,21,24). The van der Waals surface area contributed by atoms with E-state index in [2.05, 4.69) is 18.8 Å². The van der Waals surface area contributed by atoms with Gasteiger partial charge in [-0.2, -0.15) is 0 Å². The lowest BCUT2D eigenvalue weighted by molar-refractivity contribution is 0.100. The van der Waals surface area contributed by atoms with Gasteiger partial charge in [0, 0.05) is 11.5 Å². The Labute approximate surface area is 150 Å². The summed E-state index contributed by atoms with van der Waals surface area (Å²) in [6, 6.07) is 5.42. The number of nitrogens with zero attached hydrogens (tertiary/aromatic N) is 1. The van der Waals surface area contributed by atoms with Crippen LogP contribution in [0.1, 0.15) is 46.3 Å². The lowest BCUT2D eigenvalue weighted by atomic mass is 9.92. The molecular formula is C19H21N3O2S. The highest BCUT2D eigenvalue weighted by atomic mass is 32.1. The van der Waals surface area contributed by atoms with Crippen molar-refractivity contribution in [1.82, 2.24) is 4.98 Å². The number of amides is 1. The smallest absolute Gasteiger partial charge is 0.253 e. The Hall–Kier alpha value is -2.60. The van der Waals surface area contributed by atoms with E-state index in [9.17, 15) is 9.90 Å². The first-order chi connectivity index (χ1) is 11.7. The van der Waals surface area contributed by atoms with E-state index in [1.807, 2.05) is 26.0 Å². The van der Waals surface area contributed by atoms with Crippen LogP contribution in [0, 0.1) is 13.8 Å². The molecule has 0 radical (unpaired) electrons. The van der Waals surface area contributed by atoms with Gasteiger partial charge in [0.15, 0.2) is 0 Å². The zero-order chi connectivity index (χ0) is 18.5. The topological polar surface area (TPSA) is 102 Å². The van der Waals surface area contributed by atoms with Gasteiger partial charge in [-0.3, -0.25) is 4.79 Å². The number of hydrogen-bond donors (Lipinski definition) is 3. The fraction of sp³-hybridized carbons (Fsp3) is 0.263. The molecule has 0 unspecified atom stereocenters. The fourth-order valence-corrected chi connectivity index (χ4v) is 4.07. The third-order valence-corrected chi connectivity index (χ3v) is 5.70. The number of aromatic hydroxyl groups is 1. The molecule has 0 aliphatic heterocycles. The van der Waals surface area contributed by atoms with Crippen LogP contribution in [-0.4, -0.2) is 16.0 Å². The highest BCUT2D eigenvalue weighted by molar-refractivity contribution is 7.18. The van der Waals surface area contributed by atoms with Crippen molar-refractivity contribution in [3.05, 3.63) is 39.9 Å². The third-order valence-electron chi connectivity index (χ3n) is 4.40. The summed E-state index contributed by atoms with van der Waals surface area (Å²) < 4.78 is 0.865. The largest absolute Gasteiger partial charge is 0.508 e. The van der Waals surface area contributed by atoms with Crippen molar-refractivity contribution < 1.29 is 9.90 Å². The van der Waals surface area contributed by atoms with Crippen LogP contribution >= 0.6 is 11.3 Å². The van der Waals surface area contributed by atoms with Crippen LogP contribution in [-0.2, 0) is 0 Å². The van der Waals surface area contributed by atoms with Crippen molar-refractivity contribution in [2.45, 2.75) is 33.6 Å². The molecular weight excluding hydrogens is 334 g/mol. The van der Waals surface area contributed by atoms with Crippen LogP contribution in [0.2, 0.25) is 0 Å². The first-order valence-corrected chi connectivity index (χ1v) is 8.86. The highest BCUT2D eigenvalue weighted by Crippen LogP contribution is 2.41. The van der Waals surface area contributed by atoms with Crippen LogP contribution in [0.25, 0.3) is 21.3 Å². The second kappa shape index (κ2) is 6.04. The minimum atomic E-state index is -0.597. The Bertz CT molecular complexity index is 1010. The van der Waals surface area contributed by atoms with Gasteiger partial charge in [0.25, 0.3) is 5.91 Å². The molecule has 25 heavy (non-hydrogen) atoms. The number of benzene rings is 2. The molecule has 0 saturated carbocycles. The first-order valence-electron chi connectivity index (χ1n) is 8.04. The maximum Gasteiger partial charge on any atom is 0.253 e. The van der Waals surface area contributed by atoms with Crippen LogP contribution in [0.15, 0.2) is 18.2 Å². The number of rotatable bonds is 3. The number of fused-ring (bicyclic) bond motifs is 1. The fourth-order valence-electron chi connectivity index (χ4n) is 3.05. The van der Waals surface area contributed by atoms with E-state index in [1.165, 1.54) is 11.3 Å². The third kappa shape index (κ3) is 2.72. The molecule has 0 saturated heterocycles. The van der Waals surface area contributed by atoms with E-state index >= 15 is 0 Å². The van der Waals surface area contributed by atoms with Crippen molar-refractivity contribution in [2.75, 3.05) is 5.73 Å². The van der Waals surface area contributed by atoms with Crippen LogP contribution in [0.4, 0.5) is 5.69 Å². The van der Waals surface area contributed by atoms with E-state index in [0.29, 0.717) is 16.8 Å². The highest BCUT2D eigenvalue weighted by Gasteiger charge is 2.22. The zero-order valence-electron chi connectivity index (χ0n) is 14.7. The molecule has 2 aromatic carbocycles. The summed E-state index contributed by atoms with van der Waals surface area (Å²) in [5, 5.41) is 11.0. The normalized spacial score (nSPS) is 11.4. The number of carbonyl (C=O) groups is 1. The number of hydrogen-bond acceptors (Lipinski definition) is 5. The van der Waals surface area contributed by atoms with Gasteiger partial charge in [-0.25, -0.2) is 4.98 Å². The average molecular weight is 355 g/mol. The second-order valence-electron chi connectivity index (χ2n) is 6.53. The molecule has 6 heteroatoms. The van der Waals surface area contributed by atoms with Crippen LogP contribution in [0.3, 0.4) is 0 Å². The van der Waals surface area contributed by atoms with E-state index in [-0.39, 0.29) is 17.2 Å². The number of phenolic OH excluding ortho intramolecular Hbond substituents is 1. The monoisotopic (exact) mass is 355 g/mol. The molecule has 5 nitrogen and oxygen atoms in total. The molecule has 5 N–H and O–H groups in total. The summed E-state index contributed by atoms with van der Waals surface area (Å²) in [5.74, 6) is -0.166. The Balaban J connectivity index is 2.43. The summed E-state index contributed by atoms with van der Waals surface area (Å²) in [6.07, 6.45) is 0. The van der Waals surface area contributed by atoms with Gasteiger partial charge in [-0.05, 0) is 42.7 Å². The number of nitrogen functional groups attached to an aromatic ring is 1. The summed E-state index contributed by atoms with van der Waals surface area (Å²) in [7, 11) is 0.